The van der Waals surface area contributed by atoms with Crippen LogP contribution in [0.2, 0.25) is 0 Å². The Morgan fingerprint density at radius 1 is 1.22 bits per heavy atom. The van der Waals surface area contributed by atoms with E-state index >= 15 is 0 Å². The summed E-state index contributed by atoms with van der Waals surface area (Å²) in [6.07, 6.45) is 0.142. The Labute approximate surface area is 111 Å². The maximum atomic E-state index is 11.5. The van der Waals surface area contributed by atoms with E-state index in [0.717, 1.165) is 0 Å². The fourth-order valence-corrected chi connectivity index (χ4v) is 1.23. The summed E-state index contributed by atoms with van der Waals surface area (Å²) in [5.74, 6) is -0.0487. The van der Waals surface area contributed by atoms with Crippen molar-refractivity contribution in [1.82, 2.24) is 10.6 Å². The molecule has 0 rings (SSSR count). The van der Waals surface area contributed by atoms with Crippen LogP contribution < -0.4 is 10.6 Å². The van der Waals surface area contributed by atoms with E-state index in [0.29, 0.717) is 19.8 Å². The summed E-state index contributed by atoms with van der Waals surface area (Å²) in [5.41, 5.74) is -0.218. The second kappa shape index (κ2) is 8.45. The quantitative estimate of drug-likeness (QED) is 0.681. The van der Waals surface area contributed by atoms with E-state index in [1.807, 2.05) is 34.6 Å². The molecule has 5 nitrogen and oxygen atoms in total. The van der Waals surface area contributed by atoms with Gasteiger partial charge in [0.05, 0.1) is 37.5 Å². The molecule has 0 radical (unpaired) electrons. The molecule has 0 heterocycles. The van der Waals surface area contributed by atoms with Crippen LogP contribution in [0, 0.1) is 0 Å². The predicted octanol–water partition coefficient (Wildman–Crippen LogP) is 0.931. The number of ether oxygens (including phenoxy) is 2. The smallest absolute Gasteiger partial charge is 0.234 e. The molecule has 0 aromatic carbocycles. The molecule has 1 amide bonds. The zero-order chi connectivity index (χ0) is 14.2. The maximum Gasteiger partial charge on any atom is 0.234 e. The Hall–Kier alpha value is -0.650. The Bertz CT molecular complexity index is 237. The third-order valence-corrected chi connectivity index (χ3v) is 2.05. The molecule has 1 unspecified atom stereocenters. The molecule has 18 heavy (non-hydrogen) atoms. The van der Waals surface area contributed by atoms with Crippen LogP contribution in [0.1, 0.15) is 34.6 Å². The standard InChI is InChI=1S/C13H28N2O3/c1-10(2)17-8-11(9-18-13(3,4)5)15-12(16)7-14-6/h10-11,14H,7-9H2,1-6H3,(H,15,16). The molecule has 0 aromatic heterocycles. The summed E-state index contributed by atoms with van der Waals surface area (Å²) < 4.78 is 11.2. The molecule has 0 aliphatic rings. The lowest BCUT2D eigenvalue weighted by Gasteiger charge is -2.25. The first-order valence-electron chi connectivity index (χ1n) is 6.44. The molecular formula is C13H28N2O3. The highest BCUT2D eigenvalue weighted by Gasteiger charge is 2.17. The number of likely N-dealkylation sites (N-methyl/N-ethyl adjacent to an activating group) is 1. The van der Waals surface area contributed by atoms with Gasteiger partial charge in [-0.1, -0.05) is 0 Å². The summed E-state index contributed by atoms with van der Waals surface area (Å²) in [6.45, 7) is 11.1. The van der Waals surface area contributed by atoms with Crippen molar-refractivity contribution < 1.29 is 14.3 Å². The zero-order valence-corrected chi connectivity index (χ0v) is 12.5. The molecule has 1 atom stereocenters. The van der Waals surface area contributed by atoms with Gasteiger partial charge in [0.1, 0.15) is 0 Å². The van der Waals surface area contributed by atoms with Gasteiger partial charge in [0.15, 0.2) is 0 Å². The summed E-state index contributed by atoms with van der Waals surface area (Å²) >= 11 is 0. The molecule has 0 saturated heterocycles. The minimum Gasteiger partial charge on any atom is -0.377 e. The van der Waals surface area contributed by atoms with Gasteiger partial charge in [-0.25, -0.2) is 0 Å². The van der Waals surface area contributed by atoms with Crippen molar-refractivity contribution in [2.45, 2.75) is 52.4 Å². The minimum absolute atomic E-state index is 0.0487. The Morgan fingerprint density at radius 3 is 2.28 bits per heavy atom. The normalized spacial score (nSPS) is 13.7. The number of amides is 1. The summed E-state index contributed by atoms with van der Waals surface area (Å²) in [6, 6.07) is -0.118. The molecule has 0 aliphatic carbocycles. The number of carbonyl (C=O) groups excluding carboxylic acids is 1. The molecular weight excluding hydrogens is 232 g/mol. The Morgan fingerprint density at radius 2 is 1.83 bits per heavy atom. The number of hydrogen-bond donors (Lipinski definition) is 2. The number of hydrogen-bond acceptors (Lipinski definition) is 4. The van der Waals surface area contributed by atoms with Gasteiger partial charge >= 0.3 is 0 Å². The van der Waals surface area contributed by atoms with E-state index in [2.05, 4.69) is 10.6 Å². The van der Waals surface area contributed by atoms with Crippen molar-refractivity contribution in [1.29, 1.82) is 0 Å². The van der Waals surface area contributed by atoms with E-state index < -0.39 is 0 Å². The lowest BCUT2D eigenvalue weighted by atomic mass is 10.2. The van der Waals surface area contributed by atoms with E-state index in [1.165, 1.54) is 0 Å². The highest BCUT2D eigenvalue weighted by Crippen LogP contribution is 2.07. The fraction of sp³-hybridized carbons (Fsp3) is 0.923. The Kier molecular flexibility index (Phi) is 8.15. The first kappa shape index (κ1) is 17.4. The van der Waals surface area contributed by atoms with Crippen LogP contribution in [0.5, 0.6) is 0 Å². The average Bonchev–Trinajstić information content (AvgIpc) is 2.21. The molecule has 108 valence electrons. The SMILES string of the molecule is CNCC(=O)NC(COC(C)C)COC(C)(C)C. The van der Waals surface area contributed by atoms with Crippen molar-refractivity contribution in [3.8, 4) is 0 Å². The van der Waals surface area contributed by atoms with E-state index in [9.17, 15) is 4.79 Å². The first-order chi connectivity index (χ1) is 8.24. The molecule has 2 N–H and O–H groups in total. The first-order valence-corrected chi connectivity index (χ1v) is 6.44. The number of nitrogens with one attached hydrogen (secondary N) is 2. The highest BCUT2D eigenvalue weighted by atomic mass is 16.5. The van der Waals surface area contributed by atoms with E-state index in [4.69, 9.17) is 9.47 Å². The van der Waals surface area contributed by atoms with Gasteiger partial charge in [-0.05, 0) is 41.7 Å². The summed E-state index contributed by atoms with van der Waals surface area (Å²) in [7, 11) is 1.74. The monoisotopic (exact) mass is 260 g/mol. The molecule has 0 aliphatic heterocycles. The topological polar surface area (TPSA) is 59.6 Å². The molecule has 0 saturated carbocycles. The largest absolute Gasteiger partial charge is 0.377 e. The van der Waals surface area contributed by atoms with Gasteiger partial charge < -0.3 is 20.1 Å². The van der Waals surface area contributed by atoms with Gasteiger partial charge in [-0.3, -0.25) is 4.79 Å². The second-order valence-electron chi connectivity index (χ2n) is 5.60. The molecule has 0 fully saturated rings. The van der Waals surface area contributed by atoms with Crippen LogP contribution in [0.15, 0.2) is 0 Å². The van der Waals surface area contributed by atoms with Crippen molar-refractivity contribution in [3.05, 3.63) is 0 Å². The summed E-state index contributed by atoms with van der Waals surface area (Å²) in [5, 5.41) is 5.71. The molecule has 5 heteroatoms. The second-order valence-corrected chi connectivity index (χ2v) is 5.60. The van der Waals surface area contributed by atoms with Crippen molar-refractivity contribution in [2.24, 2.45) is 0 Å². The van der Waals surface area contributed by atoms with E-state index in [-0.39, 0.29) is 23.7 Å². The Balaban J connectivity index is 4.19. The number of carbonyl (C=O) groups is 1. The van der Waals surface area contributed by atoms with Crippen molar-refractivity contribution in [3.63, 3.8) is 0 Å². The van der Waals surface area contributed by atoms with E-state index in [1.54, 1.807) is 7.05 Å². The van der Waals surface area contributed by atoms with Gasteiger partial charge in [0.2, 0.25) is 5.91 Å². The van der Waals surface area contributed by atoms with Gasteiger partial charge in [0.25, 0.3) is 0 Å². The van der Waals surface area contributed by atoms with Gasteiger partial charge in [-0.15, -0.1) is 0 Å². The lowest BCUT2D eigenvalue weighted by molar-refractivity contribution is -0.123. The maximum absolute atomic E-state index is 11.5. The van der Waals surface area contributed by atoms with Crippen LogP contribution in [0.4, 0.5) is 0 Å². The van der Waals surface area contributed by atoms with Gasteiger partial charge in [-0.2, -0.15) is 0 Å². The van der Waals surface area contributed by atoms with Crippen LogP contribution in [0.25, 0.3) is 0 Å². The molecule has 0 spiro atoms. The fourth-order valence-electron chi connectivity index (χ4n) is 1.23. The van der Waals surface area contributed by atoms with Crippen LogP contribution in [-0.4, -0.2) is 50.5 Å². The molecule has 0 aromatic rings. The third-order valence-electron chi connectivity index (χ3n) is 2.05. The number of rotatable bonds is 8. The van der Waals surface area contributed by atoms with Crippen LogP contribution >= 0.6 is 0 Å². The summed E-state index contributed by atoms with van der Waals surface area (Å²) in [4.78, 5) is 11.5. The van der Waals surface area contributed by atoms with Crippen LogP contribution in [0.3, 0.4) is 0 Å². The zero-order valence-electron chi connectivity index (χ0n) is 12.5. The van der Waals surface area contributed by atoms with Crippen molar-refractivity contribution >= 4 is 5.91 Å². The highest BCUT2D eigenvalue weighted by molar-refractivity contribution is 5.78. The minimum atomic E-state index is -0.218. The lowest BCUT2D eigenvalue weighted by Crippen LogP contribution is -2.46. The third kappa shape index (κ3) is 10.5. The average molecular weight is 260 g/mol. The molecule has 0 bridgehead atoms. The predicted molar refractivity (Wildman–Crippen MR) is 72.7 cm³/mol. The van der Waals surface area contributed by atoms with Crippen molar-refractivity contribution in [2.75, 3.05) is 26.8 Å². The van der Waals surface area contributed by atoms with Crippen LogP contribution in [-0.2, 0) is 14.3 Å². The van der Waals surface area contributed by atoms with Gasteiger partial charge in [0, 0.05) is 0 Å².